The van der Waals surface area contributed by atoms with Crippen LogP contribution in [0.5, 0.6) is 5.75 Å². The van der Waals surface area contributed by atoms with Gasteiger partial charge >= 0.3 is 5.97 Å². The first kappa shape index (κ1) is 14.4. The molecule has 0 aromatic heterocycles. The number of halogens is 1. The minimum absolute atomic E-state index is 0.309. The predicted molar refractivity (Wildman–Crippen MR) is 66.2 cm³/mol. The number of rotatable bonds is 6. The summed E-state index contributed by atoms with van der Waals surface area (Å²) in [5.74, 6) is -0.751. The van der Waals surface area contributed by atoms with Gasteiger partial charge in [-0.3, -0.25) is 10.1 Å². The third-order valence-electron chi connectivity index (χ3n) is 2.82. The van der Waals surface area contributed by atoms with Crippen LogP contribution < -0.4 is 10.1 Å². The zero-order chi connectivity index (χ0) is 13.7. The van der Waals surface area contributed by atoms with Gasteiger partial charge in [-0.1, -0.05) is 6.92 Å². The number of carbonyl (C=O) groups is 1. The van der Waals surface area contributed by atoms with Gasteiger partial charge in [0.25, 0.3) is 0 Å². The van der Waals surface area contributed by atoms with Gasteiger partial charge in [0.1, 0.15) is 17.6 Å². The van der Waals surface area contributed by atoms with Crippen molar-refractivity contribution in [3.63, 3.8) is 0 Å². The van der Waals surface area contributed by atoms with Gasteiger partial charge in [0.05, 0.1) is 7.11 Å². The van der Waals surface area contributed by atoms with E-state index in [1.54, 1.807) is 13.8 Å². The van der Waals surface area contributed by atoms with Crippen molar-refractivity contribution in [1.29, 1.82) is 0 Å². The van der Waals surface area contributed by atoms with Crippen LogP contribution in [-0.2, 0) is 4.79 Å². The second-order valence-electron chi connectivity index (χ2n) is 4.07. The average Bonchev–Trinajstić information content (AvgIpc) is 2.35. The number of hydrogen-bond donors (Lipinski definition) is 2. The number of carboxylic acid groups (broad SMARTS) is 1. The molecule has 0 aliphatic carbocycles. The van der Waals surface area contributed by atoms with Gasteiger partial charge in [0, 0.05) is 11.6 Å². The quantitative estimate of drug-likeness (QED) is 0.819. The van der Waals surface area contributed by atoms with Crippen LogP contribution in [0.2, 0.25) is 0 Å². The summed E-state index contributed by atoms with van der Waals surface area (Å²) < 4.78 is 18.4. The highest BCUT2D eigenvalue weighted by Gasteiger charge is 2.20. The second-order valence-corrected chi connectivity index (χ2v) is 4.07. The van der Waals surface area contributed by atoms with Gasteiger partial charge in [-0.2, -0.15) is 0 Å². The molecule has 0 saturated heterocycles. The number of benzene rings is 1. The molecule has 2 atom stereocenters. The molecule has 1 aromatic rings. The standard InChI is InChI=1S/C13H18FNO3/c1-4-11(13(16)17)15-8(2)10-7-9(14)5-6-12(10)18-3/h5-8,11,15H,4H2,1-3H3,(H,16,17). The third kappa shape index (κ3) is 3.43. The smallest absolute Gasteiger partial charge is 0.320 e. The van der Waals surface area contributed by atoms with Gasteiger partial charge in [-0.25, -0.2) is 4.39 Å². The van der Waals surface area contributed by atoms with E-state index in [2.05, 4.69) is 5.32 Å². The maximum absolute atomic E-state index is 13.2. The summed E-state index contributed by atoms with van der Waals surface area (Å²) in [5, 5.41) is 11.9. The van der Waals surface area contributed by atoms with Crippen molar-refractivity contribution in [1.82, 2.24) is 5.32 Å². The maximum atomic E-state index is 13.2. The van der Waals surface area contributed by atoms with Gasteiger partial charge in [-0.05, 0) is 31.5 Å². The van der Waals surface area contributed by atoms with Gasteiger partial charge < -0.3 is 9.84 Å². The fourth-order valence-corrected chi connectivity index (χ4v) is 1.80. The van der Waals surface area contributed by atoms with Crippen LogP contribution >= 0.6 is 0 Å². The first-order valence-electron chi connectivity index (χ1n) is 5.81. The molecule has 5 heteroatoms. The van der Waals surface area contributed by atoms with Crippen LogP contribution in [-0.4, -0.2) is 24.2 Å². The summed E-state index contributed by atoms with van der Waals surface area (Å²) in [5.41, 5.74) is 0.609. The van der Waals surface area contributed by atoms with E-state index in [0.29, 0.717) is 17.7 Å². The number of methoxy groups -OCH3 is 1. The zero-order valence-electron chi connectivity index (χ0n) is 10.7. The molecule has 0 radical (unpaired) electrons. The molecule has 0 spiro atoms. The third-order valence-corrected chi connectivity index (χ3v) is 2.82. The summed E-state index contributed by atoms with van der Waals surface area (Å²) in [7, 11) is 1.50. The Labute approximate surface area is 106 Å². The summed E-state index contributed by atoms with van der Waals surface area (Å²) in [6.07, 6.45) is 0.456. The fraction of sp³-hybridized carbons (Fsp3) is 0.462. The van der Waals surface area contributed by atoms with Crippen molar-refractivity contribution >= 4 is 5.97 Å². The summed E-state index contributed by atoms with van der Waals surface area (Å²) >= 11 is 0. The lowest BCUT2D eigenvalue weighted by atomic mass is 10.1. The van der Waals surface area contributed by atoms with E-state index in [-0.39, 0.29) is 11.9 Å². The van der Waals surface area contributed by atoms with Crippen LogP contribution in [0.25, 0.3) is 0 Å². The molecular weight excluding hydrogens is 237 g/mol. The van der Waals surface area contributed by atoms with Gasteiger partial charge in [-0.15, -0.1) is 0 Å². The number of aliphatic carboxylic acids is 1. The number of carboxylic acids is 1. The molecule has 1 rings (SSSR count). The summed E-state index contributed by atoms with van der Waals surface area (Å²) in [6.45, 7) is 3.56. The van der Waals surface area contributed by atoms with E-state index in [0.717, 1.165) is 0 Å². The lowest BCUT2D eigenvalue weighted by molar-refractivity contribution is -0.139. The molecule has 18 heavy (non-hydrogen) atoms. The Bertz CT molecular complexity index is 423. The first-order valence-corrected chi connectivity index (χ1v) is 5.81. The van der Waals surface area contributed by atoms with E-state index < -0.39 is 12.0 Å². The highest BCUT2D eigenvalue weighted by molar-refractivity contribution is 5.73. The zero-order valence-corrected chi connectivity index (χ0v) is 10.7. The monoisotopic (exact) mass is 255 g/mol. The van der Waals surface area contributed by atoms with Crippen molar-refractivity contribution in [2.24, 2.45) is 0 Å². The predicted octanol–water partition coefficient (Wildman–Crippen LogP) is 2.35. The number of nitrogens with one attached hydrogen (secondary N) is 1. The Morgan fingerprint density at radius 3 is 2.72 bits per heavy atom. The largest absolute Gasteiger partial charge is 0.496 e. The molecule has 0 aliphatic rings. The number of hydrogen-bond acceptors (Lipinski definition) is 3. The van der Waals surface area contributed by atoms with Crippen LogP contribution in [0.3, 0.4) is 0 Å². The molecule has 1 aromatic carbocycles. The first-order chi connectivity index (χ1) is 8.49. The lowest BCUT2D eigenvalue weighted by Crippen LogP contribution is -2.37. The van der Waals surface area contributed by atoms with E-state index in [1.807, 2.05) is 0 Å². The Hall–Kier alpha value is -1.62. The van der Waals surface area contributed by atoms with E-state index in [9.17, 15) is 9.18 Å². The van der Waals surface area contributed by atoms with Crippen LogP contribution in [0.15, 0.2) is 18.2 Å². The fourth-order valence-electron chi connectivity index (χ4n) is 1.80. The Balaban J connectivity index is 2.92. The SMILES string of the molecule is CCC(NC(C)c1cc(F)ccc1OC)C(=O)O. The van der Waals surface area contributed by atoms with Gasteiger partial charge in [0.2, 0.25) is 0 Å². The molecule has 4 nitrogen and oxygen atoms in total. The van der Waals surface area contributed by atoms with Crippen LogP contribution in [0.4, 0.5) is 4.39 Å². The normalized spacial score (nSPS) is 14.0. The summed E-state index contributed by atoms with van der Waals surface area (Å²) in [6, 6.07) is 3.23. The molecular formula is C13H18FNO3. The molecule has 0 saturated carbocycles. The Morgan fingerprint density at radius 2 is 2.22 bits per heavy atom. The van der Waals surface area contributed by atoms with Gasteiger partial charge in [0.15, 0.2) is 0 Å². The molecule has 0 aliphatic heterocycles. The molecule has 100 valence electrons. The Morgan fingerprint density at radius 1 is 1.56 bits per heavy atom. The molecule has 2 N–H and O–H groups in total. The van der Waals surface area contributed by atoms with Crippen molar-refractivity contribution in [2.75, 3.05) is 7.11 Å². The maximum Gasteiger partial charge on any atom is 0.320 e. The van der Waals surface area contributed by atoms with E-state index in [4.69, 9.17) is 9.84 Å². The highest BCUT2D eigenvalue weighted by atomic mass is 19.1. The summed E-state index contributed by atoms with van der Waals surface area (Å²) in [4.78, 5) is 11.0. The Kier molecular flexibility index (Phi) is 5.09. The second kappa shape index (κ2) is 6.35. The van der Waals surface area contributed by atoms with Crippen molar-refractivity contribution in [3.8, 4) is 5.75 Å². The highest BCUT2D eigenvalue weighted by Crippen LogP contribution is 2.26. The van der Waals surface area contributed by atoms with Crippen molar-refractivity contribution < 1.29 is 19.0 Å². The van der Waals surface area contributed by atoms with Crippen LogP contribution in [0, 0.1) is 5.82 Å². The lowest BCUT2D eigenvalue weighted by Gasteiger charge is -2.21. The molecule has 0 bridgehead atoms. The average molecular weight is 255 g/mol. The van der Waals surface area contributed by atoms with E-state index >= 15 is 0 Å². The topological polar surface area (TPSA) is 58.6 Å². The molecule has 2 unspecified atom stereocenters. The minimum Gasteiger partial charge on any atom is -0.496 e. The van der Waals surface area contributed by atoms with Crippen molar-refractivity contribution in [2.45, 2.75) is 32.4 Å². The van der Waals surface area contributed by atoms with E-state index in [1.165, 1.54) is 25.3 Å². The molecule has 0 heterocycles. The molecule has 0 fully saturated rings. The van der Waals surface area contributed by atoms with Crippen molar-refractivity contribution in [3.05, 3.63) is 29.6 Å². The van der Waals surface area contributed by atoms with Crippen LogP contribution in [0.1, 0.15) is 31.9 Å². The number of ether oxygens (including phenoxy) is 1. The molecule has 0 amide bonds. The minimum atomic E-state index is -0.917.